The molecular formula is C23H24N6O3. The van der Waals surface area contributed by atoms with E-state index in [2.05, 4.69) is 39.6 Å². The first kappa shape index (κ1) is 20.3. The number of benzene rings is 1. The van der Waals surface area contributed by atoms with Crippen LogP contribution in [0.15, 0.2) is 48.7 Å². The molecule has 4 heterocycles. The van der Waals surface area contributed by atoms with Gasteiger partial charge in [0, 0.05) is 32.4 Å². The molecule has 0 bridgehead atoms. The van der Waals surface area contributed by atoms with Gasteiger partial charge in [-0.25, -0.2) is 4.68 Å². The van der Waals surface area contributed by atoms with Gasteiger partial charge in [0.1, 0.15) is 11.8 Å². The number of fused-ring (bicyclic) bond motifs is 1. The van der Waals surface area contributed by atoms with Crippen molar-refractivity contribution in [1.29, 1.82) is 0 Å². The van der Waals surface area contributed by atoms with E-state index < -0.39 is 0 Å². The lowest BCUT2D eigenvalue weighted by atomic mass is 10.1. The Labute approximate surface area is 185 Å². The smallest absolute Gasteiger partial charge is 0.276 e. The van der Waals surface area contributed by atoms with E-state index in [9.17, 15) is 9.59 Å². The molecule has 0 unspecified atom stereocenters. The predicted molar refractivity (Wildman–Crippen MR) is 115 cm³/mol. The highest BCUT2D eigenvalue weighted by atomic mass is 16.5. The summed E-state index contributed by atoms with van der Waals surface area (Å²) in [5.74, 6) is -0.289. The van der Waals surface area contributed by atoms with E-state index in [1.165, 1.54) is 5.56 Å². The Morgan fingerprint density at radius 1 is 0.969 bits per heavy atom. The number of pyridine rings is 1. The van der Waals surface area contributed by atoms with Gasteiger partial charge in [0.05, 0.1) is 18.8 Å². The summed E-state index contributed by atoms with van der Waals surface area (Å²) < 4.78 is 7.80. The largest absolute Gasteiger partial charge is 0.365 e. The predicted octanol–water partition coefficient (Wildman–Crippen LogP) is 1.85. The average Bonchev–Trinajstić information content (AvgIpc) is 3.27. The van der Waals surface area contributed by atoms with Gasteiger partial charge < -0.3 is 14.5 Å². The van der Waals surface area contributed by atoms with Crippen molar-refractivity contribution in [1.82, 2.24) is 29.8 Å². The number of hydrogen-bond acceptors (Lipinski definition) is 6. The minimum atomic E-state index is -0.173. The first-order valence-corrected chi connectivity index (χ1v) is 10.7. The average molecular weight is 432 g/mol. The monoisotopic (exact) mass is 432 g/mol. The van der Waals surface area contributed by atoms with Crippen molar-refractivity contribution in [3.8, 4) is 0 Å². The summed E-state index contributed by atoms with van der Waals surface area (Å²) >= 11 is 0. The Morgan fingerprint density at radius 2 is 1.69 bits per heavy atom. The van der Waals surface area contributed by atoms with Gasteiger partial charge in [-0.3, -0.25) is 14.6 Å². The second-order valence-electron chi connectivity index (χ2n) is 8.08. The fourth-order valence-corrected chi connectivity index (χ4v) is 4.07. The Hall–Kier alpha value is -3.59. The molecule has 2 aliphatic heterocycles. The van der Waals surface area contributed by atoms with Crippen LogP contribution in [0, 0.1) is 6.92 Å². The van der Waals surface area contributed by atoms with E-state index in [0.29, 0.717) is 49.8 Å². The molecule has 2 aliphatic rings. The molecule has 2 amide bonds. The summed E-state index contributed by atoms with van der Waals surface area (Å²) in [6, 6.07) is 13.5. The van der Waals surface area contributed by atoms with Crippen molar-refractivity contribution in [3.05, 3.63) is 76.9 Å². The number of piperazine rings is 1. The molecule has 1 saturated heterocycles. The van der Waals surface area contributed by atoms with Crippen LogP contribution in [0.5, 0.6) is 0 Å². The zero-order valence-electron chi connectivity index (χ0n) is 17.8. The van der Waals surface area contributed by atoms with Crippen LogP contribution in [0.4, 0.5) is 0 Å². The van der Waals surface area contributed by atoms with Gasteiger partial charge in [0.2, 0.25) is 0 Å². The molecule has 1 fully saturated rings. The first-order valence-electron chi connectivity index (χ1n) is 10.7. The highest BCUT2D eigenvalue weighted by Gasteiger charge is 2.32. The Morgan fingerprint density at radius 3 is 2.38 bits per heavy atom. The maximum Gasteiger partial charge on any atom is 0.276 e. The topological polar surface area (TPSA) is 93.5 Å². The van der Waals surface area contributed by atoms with Crippen molar-refractivity contribution in [3.63, 3.8) is 0 Å². The molecule has 0 aliphatic carbocycles. The Balaban J connectivity index is 1.23. The molecule has 0 spiro atoms. The number of carbonyl (C=O) groups excluding carboxylic acids is 2. The van der Waals surface area contributed by atoms with Crippen LogP contribution in [0.2, 0.25) is 0 Å². The third kappa shape index (κ3) is 3.87. The number of nitrogens with zero attached hydrogens (tertiary/aromatic N) is 6. The van der Waals surface area contributed by atoms with E-state index in [-0.39, 0.29) is 24.5 Å². The standard InChI is InChI=1S/C23H24N6O3/c1-16-5-7-17(8-6-16)20-14-29-19(15-32-20)21(25-26-29)23(31)28-12-10-27(11-13-28)22(30)18-4-2-3-9-24-18/h2-9,20H,10-15H2,1H3/t20-/m1/s1. The highest BCUT2D eigenvalue weighted by molar-refractivity contribution is 5.94. The summed E-state index contributed by atoms with van der Waals surface area (Å²) in [4.78, 5) is 33.3. The SMILES string of the molecule is Cc1ccc([C@H]2Cn3nnc(C(=O)N4CCN(C(=O)c5ccccn5)CC4)c3CO2)cc1. The van der Waals surface area contributed by atoms with Crippen molar-refractivity contribution in [2.75, 3.05) is 26.2 Å². The van der Waals surface area contributed by atoms with E-state index >= 15 is 0 Å². The summed E-state index contributed by atoms with van der Waals surface area (Å²) in [7, 11) is 0. The van der Waals surface area contributed by atoms with Gasteiger partial charge in [-0.05, 0) is 24.6 Å². The normalized spacial score (nSPS) is 18.3. The zero-order valence-corrected chi connectivity index (χ0v) is 17.8. The lowest BCUT2D eigenvalue weighted by Gasteiger charge is -2.34. The molecule has 0 N–H and O–H groups in total. The van der Waals surface area contributed by atoms with Crippen molar-refractivity contribution >= 4 is 11.8 Å². The summed E-state index contributed by atoms with van der Waals surface area (Å²) in [5.41, 5.74) is 3.72. The summed E-state index contributed by atoms with van der Waals surface area (Å²) in [6.07, 6.45) is 1.49. The summed E-state index contributed by atoms with van der Waals surface area (Å²) in [5, 5.41) is 8.38. The molecule has 0 saturated carbocycles. The van der Waals surface area contributed by atoms with E-state index in [0.717, 1.165) is 5.56 Å². The fraction of sp³-hybridized carbons (Fsp3) is 0.348. The van der Waals surface area contributed by atoms with Gasteiger partial charge >= 0.3 is 0 Å². The molecular weight excluding hydrogens is 408 g/mol. The minimum absolute atomic E-state index is 0.116. The van der Waals surface area contributed by atoms with Gasteiger partial charge in [0.25, 0.3) is 11.8 Å². The number of amides is 2. The van der Waals surface area contributed by atoms with Gasteiger partial charge in [-0.15, -0.1) is 5.10 Å². The number of carbonyl (C=O) groups is 2. The van der Waals surface area contributed by atoms with Crippen LogP contribution in [-0.2, 0) is 17.9 Å². The quantitative estimate of drug-likeness (QED) is 0.627. The first-order chi connectivity index (χ1) is 15.6. The number of aryl methyl sites for hydroxylation is 1. The van der Waals surface area contributed by atoms with Crippen LogP contribution < -0.4 is 0 Å². The molecule has 9 nitrogen and oxygen atoms in total. The molecule has 9 heteroatoms. The van der Waals surface area contributed by atoms with E-state index in [1.807, 2.05) is 6.92 Å². The molecule has 32 heavy (non-hydrogen) atoms. The van der Waals surface area contributed by atoms with Crippen LogP contribution in [0.1, 0.15) is 43.9 Å². The van der Waals surface area contributed by atoms with Crippen LogP contribution in [-0.4, -0.2) is 67.8 Å². The molecule has 164 valence electrons. The highest BCUT2D eigenvalue weighted by Crippen LogP contribution is 2.27. The minimum Gasteiger partial charge on any atom is -0.365 e. The molecule has 0 radical (unpaired) electrons. The fourth-order valence-electron chi connectivity index (χ4n) is 4.07. The molecule has 3 aromatic rings. The number of hydrogen-bond donors (Lipinski definition) is 0. The third-order valence-corrected chi connectivity index (χ3v) is 5.99. The Kier molecular flexibility index (Phi) is 5.40. The molecule has 5 rings (SSSR count). The third-order valence-electron chi connectivity index (χ3n) is 5.99. The van der Waals surface area contributed by atoms with Crippen molar-refractivity contribution in [2.24, 2.45) is 0 Å². The number of ether oxygens (including phenoxy) is 1. The lowest BCUT2D eigenvalue weighted by molar-refractivity contribution is -0.00203. The van der Waals surface area contributed by atoms with Gasteiger partial charge in [-0.1, -0.05) is 41.1 Å². The second-order valence-corrected chi connectivity index (χ2v) is 8.08. The van der Waals surface area contributed by atoms with Gasteiger partial charge in [-0.2, -0.15) is 0 Å². The van der Waals surface area contributed by atoms with Gasteiger partial charge in [0.15, 0.2) is 5.69 Å². The van der Waals surface area contributed by atoms with Crippen LogP contribution >= 0.6 is 0 Å². The zero-order chi connectivity index (χ0) is 22.1. The second kappa shape index (κ2) is 8.51. The number of aromatic nitrogens is 4. The van der Waals surface area contributed by atoms with Crippen LogP contribution in [0.3, 0.4) is 0 Å². The molecule has 1 aromatic carbocycles. The maximum absolute atomic E-state index is 13.1. The van der Waals surface area contributed by atoms with E-state index in [1.54, 1.807) is 38.9 Å². The van der Waals surface area contributed by atoms with E-state index in [4.69, 9.17) is 4.74 Å². The number of rotatable bonds is 3. The molecule has 1 atom stereocenters. The van der Waals surface area contributed by atoms with Crippen LogP contribution in [0.25, 0.3) is 0 Å². The lowest BCUT2D eigenvalue weighted by Crippen LogP contribution is -2.51. The van der Waals surface area contributed by atoms with Crippen molar-refractivity contribution < 1.29 is 14.3 Å². The van der Waals surface area contributed by atoms with Crippen molar-refractivity contribution in [2.45, 2.75) is 26.2 Å². The molecule has 2 aromatic heterocycles. The Bertz CT molecular complexity index is 1120. The summed E-state index contributed by atoms with van der Waals surface area (Å²) in [6.45, 7) is 4.64. The maximum atomic E-state index is 13.1.